The van der Waals surface area contributed by atoms with Crippen LogP contribution in [-0.2, 0) is 4.79 Å². The van der Waals surface area contributed by atoms with E-state index in [4.69, 9.17) is 16.3 Å². The van der Waals surface area contributed by atoms with Crippen LogP contribution in [0.25, 0.3) is 0 Å². The lowest BCUT2D eigenvalue weighted by Gasteiger charge is -2.19. The van der Waals surface area contributed by atoms with Crippen LogP contribution in [0.4, 0.5) is 14.5 Å². The Hall–Kier alpha value is -2.87. The van der Waals surface area contributed by atoms with E-state index in [2.05, 4.69) is 10.1 Å². The maximum atomic E-state index is 12.7. The summed E-state index contributed by atoms with van der Waals surface area (Å²) >= 11 is 5.94. The quantitative estimate of drug-likeness (QED) is 0.717. The molecule has 0 bridgehead atoms. The molecular weight excluding hydrogens is 406 g/mol. The summed E-state index contributed by atoms with van der Waals surface area (Å²) in [6, 6.07) is 7.66. The molecule has 0 aromatic heterocycles. The third-order valence-electron chi connectivity index (χ3n) is 4.08. The molecule has 2 aromatic carbocycles. The second-order valence-corrected chi connectivity index (χ2v) is 6.81. The van der Waals surface area contributed by atoms with Gasteiger partial charge in [-0.1, -0.05) is 11.6 Å². The molecular formula is C20H21ClF2N2O4. The van der Waals surface area contributed by atoms with Gasteiger partial charge in [-0.2, -0.15) is 8.78 Å². The van der Waals surface area contributed by atoms with Crippen LogP contribution in [0.2, 0.25) is 5.02 Å². The number of rotatable bonds is 7. The Morgan fingerprint density at radius 2 is 1.79 bits per heavy atom. The normalized spacial score (nSPS) is 10.6. The first-order valence-electron chi connectivity index (χ1n) is 8.57. The van der Waals surface area contributed by atoms with Crippen molar-refractivity contribution in [1.29, 1.82) is 0 Å². The van der Waals surface area contributed by atoms with E-state index in [1.165, 1.54) is 37.3 Å². The number of ether oxygens (including phenoxy) is 2. The second-order valence-electron chi connectivity index (χ2n) is 6.37. The Balaban J connectivity index is 2.11. The van der Waals surface area contributed by atoms with E-state index >= 15 is 0 Å². The summed E-state index contributed by atoms with van der Waals surface area (Å²) < 4.78 is 34.7. The average molecular weight is 427 g/mol. The number of nitrogens with zero attached hydrogens (tertiary/aromatic N) is 1. The van der Waals surface area contributed by atoms with Crippen molar-refractivity contribution in [2.75, 3.05) is 26.0 Å². The van der Waals surface area contributed by atoms with Gasteiger partial charge in [0.25, 0.3) is 5.91 Å². The number of alkyl halides is 2. The van der Waals surface area contributed by atoms with Gasteiger partial charge >= 0.3 is 6.61 Å². The molecule has 156 valence electrons. The molecule has 2 aromatic rings. The van der Waals surface area contributed by atoms with E-state index in [-0.39, 0.29) is 17.9 Å². The zero-order valence-electron chi connectivity index (χ0n) is 16.4. The molecule has 1 N–H and O–H groups in total. The van der Waals surface area contributed by atoms with Gasteiger partial charge in [-0.25, -0.2) is 0 Å². The number of aryl methyl sites for hydroxylation is 2. The van der Waals surface area contributed by atoms with Crippen LogP contribution in [0.15, 0.2) is 30.3 Å². The van der Waals surface area contributed by atoms with Gasteiger partial charge in [0.1, 0.15) is 11.5 Å². The highest BCUT2D eigenvalue weighted by Crippen LogP contribution is 2.28. The first-order valence-corrected chi connectivity index (χ1v) is 8.95. The maximum absolute atomic E-state index is 12.7. The number of hydrogen-bond donors (Lipinski definition) is 1. The van der Waals surface area contributed by atoms with E-state index in [0.29, 0.717) is 27.6 Å². The Labute approximate surface area is 172 Å². The van der Waals surface area contributed by atoms with Gasteiger partial charge < -0.3 is 19.7 Å². The molecule has 0 heterocycles. The maximum Gasteiger partial charge on any atom is 0.387 e. The first-order chi connectivity index (χ1) is 13.6. The predicted octanol–water partition coefficient (Wildman–Crippen LogP) is 4.28. The molecule has 0 spiro atoms. The minimum Gasteiger partial charge on any atom is -0.495 e. The molecule has 6 nitrogen and oxygen atoms in total. The molecule has 0 aliphatic heterocycles. The molecule has 0 saturated carbocycles. The smallest absolute Gasteiger partial charge is 0.387 e. The Kier molecular flexibility index (Phi) is 7.39. The molecule has 0 fully saturated rings. The van der Waals surface area contributed by atoms with Crippen molar-refractivity contribution in [2.24, 2.45) is 0 Å². The molecule has 2 rings (SSSR count). The monoisotopic (exact) mass is 426 g/mol. The van der Waals surface area contributed by atoms with Crippen LogP contribution in [0.1, 0.15) is 21.5 Å². The standard InChI is InChI=1S/C20H21ClF2N2O4/c1-11-7-13(8-12(2)18(11)29-20(22)23)19(27)25(3)10-17(26)24-15-9-14(21)5-6-16(15)28-4/h5-9,20H,10H2,1-4H3,(H,24,26). The van der Waals surface area contributed by atoms with Gasteiger partial charge in [-0.15, -0.1) is 0 Å². The Morgan fingerprint density at radius 3 is 2.34 bits per heavy atom. The van der Waals surface area contributed by atoms with Crippen LogP contribution < -0.4 is 14.8 Å². The highest BCUT2D eigenvalue weighted by molar-refractivity contribution is 6.31. The molecule has 0 aliphatic rings. The summed E-state index contributed by atoms with van der Waals surface area (Å²) in [4.78, 5) is 26.2. The van der Waals surface area contributed by atoms with Gasteiger partial charge in [-0.05, 0) is 55.3 Å². The van der Waals surface area contributed by atoms with Crippen molar-refractivity contribution >= 4 is 29.1 Å². The summed E-state index contributed by atoms with van der Waals surface area (Å²) in [5.74, 6) is -0.428. The summed E-state index contributed by atoms with van der Waals surface area (Å²) in [6.07, 6.45) is 0. The first kappa shape index (κ1) is 22.4. The number of likely N-dealkylation sites (N-methyl/N-ethyl adjacent to an activating group) is 1. The lowest BCUT2D eigenvalue weighted by molar-refractivity contribution is -0.116. The van der Waals surface area contributed by atoms with E-state index in [9.17, 15) is 18.4 Å². The van der Waals surface area contributed by atoms with Crippen molar-refractivity contribution in [3.05, 3.63) is 52.0 Å². The fraction of sp³-hybridized carbons (Fsp3) is 0.300. The molecule has 29 heavy (non-hydrogen) atoms. The lowest BCUT2D eigenvalue weighted by Crippen LogP contribution is -2.35. The van der Waals surface area contributed by atoms with E-state index in [1.807, 2.05) is 0 Å². The van der Waals surface area contributed by atoms with Crippen molar-refractivity contribution in [1.82, 2.24) is 4.90 Å². The number of amides is 2. The van der Waals surface area contributed by atoms with Crippen molar-refractivity contribution in [2.45, 2.75) is 20.5 Å². The van der Waals surface area contributed by atoms with Crippen LogP contribution in [0.3, 0.4) is 0 Å². The summed E-state index contributed by atoms with van der Waals surface area (Å²) in [7, 11) is 2.92. The number of benzene rings is 2. The molecule has 9 heteroatoms. The van der Waals surface area contributed by atoms with Crippen LogP contribution >= 0.6 is 11.6 Å². The third-order valence-corrected chi connectivity index (χ3v) is 4.31. The van der Waals surface area contributed by atoms with Gasteiger partial charge in [0, 0.05) is 17.6 Å². The number of carbonyl (C=O) groups is 2. The van der Waals surface area contributed by atoms with E-state index < -0.39 is 18.4 Å². The van der Waals surface area contributed by atoms with Crippen LogP contribution in [0.5, 0.6) is 11.5 Å². The average Bonchev–Trinajstić information content (AvgIpc) is 2.63. The van der Waals surface area contributed by atoms with Gasteiger partial charge in [0.2, 0.25) is 5.91 Å². The zero-order valence-corrected chi connectivity index (χ0v) is 17.1. The number of halogens is 3. The number of nitrogens with one attached hydrogen (secondary N) is 1. The minimum absolute atomic E-state index is 0.0324. The Bertz CT molecular complexity index is 898. The highest BCUT2D eigenvalue weighted by atomic mass is 35.5. The van der Waals surface area contributed by atoms with Gasteiger partial charge in [-0.3, -0.25) is 9.59 Å². The molecule has 0 atom stereocenters. The molecule has 0 saturated heterocycles. The summed E-state index contributed by atoms with van der Waals surface area (Å²) in [6.45, 7) is -0.0509. The second kappa shape index (κ2) is 9.56. The SMILES string of the molecule is COc1ccc(Cl)cc1NC(=O)CN(C)C(=O)c1cc(C)c(OC(F)F)c(C)c1. The van der Waals surface area contributed by atoms with E-state index in [0.717, 1.165) is 0 Å². The van der Waals surface area contributed by atoms with Crippen LogP contribution in [0, 0.1) is 13.8 Å². The van der Waals surface area contributed by atoms with Crippen molar-refractivity contribution in [3.8, 4) is 11.5 Å². The van der Waals surface area contributed by atoms with E-state index in [1.54, 1.807) is 26.0 Å². The fourth-order valence-electron chi connectivity index (χ4n) is 2.82. The molecule has 2 amide bonds. The summed E-state index contributed by atoms with van der Waals surface area (Å²) in [5, 5.41) is 3.07. The Morgan fingerprint density at radius 1 is 1.17 bits per heavy atom. The number of hydrogen-bond acceptors (Lipinski definition) is 4. The summed E-state index contributed by atoms with van der Waals surface area (Å²) in [5.41, 5.74) is 1.44. The number of carbonyl (C=O) groups excluding carboxylic acids is 2. The molecule has 0 radical (unpaired) electrons. The third kappa shape index (κ3) is 5.80. The molecule has 0 aliphatic carbocycles. The molecule has 0 unspecified atom stereocenters. The van der Waals surface area contributed by atoms with Crippen molar-refractivity contribution < 1.29 is 27.8 Å². The van der Waals surface area contributed by atoms with Gasteiger partial charge in [0.15, 0.2) is 0 Å². The lowest BCUT2D eigenvalue weighted by atomic mass is 10.0. The zero-order chi connectivity index (χ0) is 21.7. The largest absolute Gasteiger partial charge is 0.495 e. The van der Waals surface area contributed by atoms with Crippen LogP contribution in [-0.4, -0.2) is 44.0 Å². The van der Waals surface area contributed by atoms with Crippen molar-refractivity contribution in [3.63, 3.8) is 0 Å². The minimum atomic E-state index is -2.95. The van der Waals surface area contributed by atoms with Gasteiger partial charge in [0.05, 0.1) is 19.3 Å². The fourth-order valence-corrected chi connectivity index (χ4v) is 3.00. The predicted molar refractivity (Wildman–Crippen MR) is 106 cm³/mol. The number of anilines is 1. The number of methoxy groups -OCH3 is 1. The topological polar surface area (TPSA) is 67.9 Å². The highest BCUT2D eigenvalue weighted by Gasteiger charge is 2.19.